The fraction of sp³-hybridized carbons (Fsp3) is 0.474. The summed E-state index contributed by atoms with van der Waals surface area (Å²) in [5.41, 5.74) is 2.33. The molecule has 1 aromatic carbocycles. The molecule has 1 aromatic heterocycles. The molecule has 1 unspecified atom stereocenters. The second-order valence-corrected chi connectivity index (χ2v) is 7.29. The van der Waals surface area contributed by atoms with Crippen LogP contribution in [-0.2, 0) is 13.1 Å². The summed E-state index contributed by atoms with van der Waals surface area (Å²) in [5.74, 6) is 2.29. The molecule has 5 nitrogen and oxygen atoms in total. The van der Waals surface area contributed by atoms with Crippen LogP contribution in [0.25, 0.3) is 0 Å². The van der Waals surface area contributed by atoms with Gasteiger partial charge in [-0.25, -0.2) is 0 Å². The van der Waals surface area contributed by atoms with Crippen LogP contribution in [0.1, 0.15) is 29.9 Å². The summed E-state index contributed by atoms with van der Waals surface area (Å²) >= 11 is 1.75. The van der Waals surface area contributed by atoms with Crippen molar-refractivity contribution in [3.8, 4) is 17.2 Å². The zero-order valence-electron chi connectivity index (χ0n) is 14.9. The van der Waals surface area contributed by atoms with Crippen LogP contribution in [0, 0.1) is 6.92 Å². The number of ether oxygens (including phenoxy) is 3. The van der Waals surface area contributed by atoms with Crippen molar-refractivity contribution in [2.45, 2.75) is 40.0 Å². The van der Waals surface area contributed by atoms with E-state index in [0.29, 0.717) is 19.7 Å². The van der Waals surface area contributed by atoms with Crippen molar-refractivity contribution in [1.82, 2.24) is 4.90 Å². The van der Waals surface area contributed by atoms with Crippen LogP contribution in [-0.4, -0.2) is 36.1 Å². The molecule has 0 saturated heterocycles. The van der Waals surface area contributed by atoms with Gasteiger partial charge in [0.15, 0.2) is 11.5 Å². The Kier molecular flexibility index (Phi) is 5.83. The average Bonchev–Trinajstić information content (AvgIpc) is 3.16. The van der Waals surface area contributed by atoms with Gasteiger partial charge in [-0.2, -0.15) is 0 Å². The molecule has 2 aromatic rings. The first-order chi connectivity index (χ1) is 12.1. The van der Waals surface area contributed by atoms with Crippen LogP contribution >= 0.6 is 11.3 Å². The number of aliphatic hydroxyl groups excluding tert-OH is 1. The number of hydrogen-bond acceptors (Lipinski definition) is 6. The van der Waals surface area contributed by atoms with E-state index in [9.17, 15) is 5.11 Å². The van der Waals surface area contributed by atoms with Gasteiger partial charge in [-0.15, -0.1) is 11.3 Å². The van der Waals surface area contributed by atoms with E-state index in [-0.39, 0.29) is 6.79 Å². The molecule has 6 heteroatoms. The summed E-state index contributed by atoms with van der Waals surface area (Å²) in [4.78, 5) is 3.56. The van der Waals surface area contributed by atoms with Crippen LogP contribution in [0.3, 0.4) is 0 Å². The van der Waals surface area contributed by atoms with Crippen molar-refractivity contribution in [3.63, 3.8) is 0 Å². The van der Waals surface area contributed by atoms with Crippen molar-refractivity contribution >= 4 is 11.3 Å². The van der Waals surface area contributed by atoms with Crippen LogP contribution in [0.5, 0.6) is 17.2 Å². The number of nitrogens with zero attached hydrogens (tertiary/aromatic N) is 1. The highest BCUT2D eigenvalue weighted by atomic mass is 32.1. The van der Waals surface area contributed by atoms with E-state index >= 15 is 0 Å². The molecule has 1 aliphatic rings. The standard InChI is InChI=1S/C19H25NO4S/c1-4-22-16-8-18-17(23-12-24-18)7-15(16)10-20(9-14(3)21)11-19-13(2)5-6-25-19/h5-8,14,21H,4,9-12H2,1-3H3. The fourth-order valence-electron chi connectivity index (χ4n) is 2.95. The Morgan fingerprint density at radius 2 is 2.04 bits per heavy atom. The van der Waals surface area contributed by atoms with E-state index in [1.165, 1.54) is 10.4 Å². The molecule has 3 rings (SSSR count). The first kappa shape index (κ1) is 18.0. The van der Waals surface area contributed by atoms with Gasteiger partial charge in [-0.1, -0.05) is 0 Å². The predicted molar refractivity (Wildman–Crippen MR) is 98.6 cm³/mol. The second-order valence-electron chi connectivity index (χ2n) is 6.29. The molecule has 0 radical (unpaired) electrons. The first-order valence-corrected chi connectivity index (χ1v) is 9.43. The summed E-state index contributed by atoms with van der Waals surface area (Å²) in [6, 6.07) is 6.02. The lowest BCUT2D eigenvalue weighted by Crippen LogP contribution is -2.30. The highest BCUT2D eigenvalue weighted by Crippen LogP contribution is 2.39. The van der Waals surface area contributed by atoms with Gasteiger partial charge < -0.3 is 19.3 Å². The number of aryl methyl sites for hydroxylation is 1. The maximum Gasteiger partial charge on any atom is 0.231 e. The first-order valence-electron chi connectivity index (χ1n) is 8.55. The number of hydrogen-bond donors (Lipinski definition) is 1. The molecule has 1 aliphatic heterocycles. The number of aliphatic hydroxyl groups is 1. The van der Waals surface area contributed by atoms with Crippen molar-refractivity contribution in [1.29, 1.82) is 0 Å². The monoisotopic (exact) mass is 363 g/mol. The lowest BCUT2D eigenvalue weighted by Gasteiger charge is -2.25. The average molecular weight is 363 g/mol. The van der Waals surface area contributed by atoms with E-state index in [1.807, 2.05) is 26.0 Å². The third kappa shape index (κ3) is 4.45. The predicted octanol–water partition coefficient (Wildman–Crippen LogP) is 3.57. The molecular formula is C19H25NO4S. The quantitative estimate of drug-likeness (QED) is 0.777. The third-order valence-electron chi connectivity index (χ3n) is 4.11. The zero-order chi connectivity index (χ0) is 17.8. The highest BCUT2D eigenvalue weighted by Gasteiger charge is 2.20. The van der Waals surface area contributed by atoms with Crippen LogP contribution in [0.15, 0.2) is 23.6 Å². The molecule has 1 atom stereocenters. The molecule has 0 amide bonds. The minimum absolute atomic E-state index is 0.246. The highest BCUT2D eigenvalue weighted by molar-refractivity contribution is 7.10. The molecule has 136 valence electrons. The molecule has 0 bridgehead atoms. The summed E-state index contributed by atoms with van der Waals surface area (Å²) in [7, 11) is 0. The van der Waals surface area contributed by atoms with Crippen molar-refractivity contribution in [2.24, 2.45) is 0 Å². The molecule has 25 heavy (non-hydrogen) atoms. The Morgan fingerprint density at radius 1 is 1.28 bits per heavy atom. The Balaban J connectivity index is 1.84. The van der Waals surface area contributed by atoms with Gasteiger partial charge in [0.05, 0.1) is 12.7 Å². The summed E-state index contributed by atoms with van der Waals surface area (Å²) in [6.45, 7) is 8.82. The smallest absolute Gasteiger partial charge is 0.231 e. The molecule has 0 aliphatic carbocycles. The number of thiophene rings is 1. The number of rotatable bonds is 8. The molecular weight excluding hydrogens is 338 g/mol. The Morgan fingerprint density at radius 3 is 2.68 bits per heavy atom. The van der Waals surface area contributed by atoms with E-state index in [1.54, 1.807) is 11.3 Å². The van der Waals surface area contributed by atoms with Crippen molar-refractivity contribution in [3.05, 3.63) is 39.6 Å². The second kappa shape index (κ2) is 8.08. The molecule has 1 N–H and O–H groups in total. The lowest BCUT2D eigenvalue weighted by molar-refractivity contribution is 0.118. The van der Waals surface area contributed by atoms with Gasteiger partial charge in [-0.3, -0.25) is 4.90 Å². The van der Waals surface area contributed by atoms with Crippen LogP contribution in [0.2, 0.25) is 0 Å². The fourth-order valence-corrected chi connectivity index (χ4v) is 3.90. The largest absolute Gasteiger partial charge is 0.493 e. The molecule has 0 spiro atoms. The van der Waals surface area contributed by atoms with Gasteiger partial charge in [0.1, 0.15) is 5.75 Å². The maximum absolute atomic E-state index is 9.91. The Hall–Kier alpha value is -1.76. The maximum atomic E-state index is 9.91. The van der Waals surface area contributed by atoms with Gasteiger partial charge in [-0.05, 0) is 43.8 Å². The van der Waals surface area contributed by atoms with Crippen molar-refractivity contribution < 1.29 is 19.3 Å². The molecule has 0 saturated carbocycles. The SMILES string of the molecule is CCOc1cc2c(cc1CN(Cc1sccc1C)CC(C)O)OCO2. The minimum atomic E-state index is -0.398. The van der Waals surface area contributed by atoms with E-state index in [0.717, 1.165) is 29.4 Å². The minimum Gasteiger partial charge on any atom is -0.493 e. The Labute approximate surface area is 152 Å². The summed E-state index contributed by atoms with van der Waals surface area (Å²) in [5, 5.41) is 12.0. The summed E-state index contributed by atoms with van der Waals surface area (Å²) in [6.07, 6.45) is -0.398. The zero-order valence-corrected chi connectivity index (χ0v) is 15.8. The molecule has 2 heterocycles. The number of fused-ring (bicyclic) bond motifs is 1. The van der Waals surface area contributed by atoms with E-state index in [2.05, 4.69) is 23.3 Å². The molecule has 0 fully saturated rings. The number of benzene rings is 1. The van der Waals surface area contributed by atoms with Crippen LogP contribution in [0.4, 0.5) is 0 Å². The van der Waals surface area contributed by atoms with Gasteiger partial charge in [0.25, 0.3) is 0 Å². The lowest BCUT2D eigenvalue weighted by atomic mass is 10.1. The van der Waals surface area contributed by atoms with Gasteiger partial charge >= 0.3 is 0 Å². The van der Waals surface area contributed by atoms with E-state index in [4.69, 9.17) is 14.2 Å². The topological polar surface area (TPSA) is 51.2 Å². The third-order valence-corrected chi connectivity index (χ3v) is 5.12. The normalized spacial score (nSPS) is 14.1. The van der Waals surface area contributed by atoms with Gasteiger partial charge in [0.2, 0.25) is 6.79 Å². The van der Waals surface area contributed by atoms with Gasteiger partial charge in [0, 0.05) is 36.1 Å². The summed E-state index contributed by atoms with van der Waals surface area (Å²) < 4.78 is 16.8. The van der Waals surface area contributed by atoms with Crippen molar-refractivity contribution in [2.75, 3.05) is 19.9 Å². The van der Waals surface area contributed by atoms with Crippen LogP contribution < -0.4 is 14.2 Å². The Bertz CT molecular complexity index is 713. The van der Waals surface area contributed by atoms with E-state index < -0.39 is 6.10 Å².